The molecule has 2 rings (SSSR count). The lowest BCUT2D eigenvalue weighted by Crippen LogP contribution is -2.27. The first-order valence-electron chi connectivity index (χ1n) is 6.37. The fraction of sp³-hybridized carbons (Fsp3) is 0.385. The minimum atomic E-state index is -1.16. The SMILES string of the molecule is COC(=O)c1c(F)ccc(N2CC(CN=[N+]=[N-])CC2=O)c1F. The molecular weight excluding hydrogens is 298 g/mol. The van der Waals surface area contributed by atoms with Crippen molar-refractivity contribution >= 4 is 17.6 Å². The van der Waals surface area contributed by atoms with E-state index in [1.165, 1.54) is 0 Å². The highest BCUT2D eigenvalue weighted by Gasteiger charge is 2.33. The molecule has 1 aromatic rings. The number of azide groups is 1. The zero-order chi connectivity index (χ0) is 16.3. The Labute approximate surface area is 124 Å². The number of carbonyl (C=O) groups excluding carboxylic acids is 2. The molecular formula is C13H12F2N4O3. The Hall–Kier alpha value is -2.67. The molecule has 116 valence electrons. The van der Waals surface area contributed by atoms with E-state index in [4.69, 9.17) is 5.53 Å². The van der Waals surface area contributed by atoms with Crippen LogP contribution in [0.1, 0.15) is 16.8 Å². The van der Waals surface area contributed by atoms with Gasteiger partial charge in [0.15, 0.2) is 5.82 Å². The van der Waals surface area contributed by atoms with E-state index in [0.29, 0.717) is 0 Å². The number of anilines is 1. The fourth-order valence-electron chi connectivity index (χ4n) is 2.33. The zero-order valence-corrected chi connectivity index (χ0v) is 11.6. The number of hydrogen-bond acceptors (Lipinski definition) is 4. The maximum absolute atomic E-state index is 14.4. The number of hydrogen-bond donors (Lipinski definition) is 0. The summed E-state index contributed by atoms with van der Waals surface area (Å²) in [5.41, 5.74) is 7.24. The molecule has 0 N–H and O–H groups in total. The molecule has 1 aromatic carbocycles. The molecule has 0 radical (unpaired) electrons. The standard InChI is InChI=1S/C13H12F2N4O3/c1-22-13(21)11-8(14)2-3-9(12(11)15)19-6-7(4-10(19)20)5-17-18-16/h2-3,7H,4-6H2,1H3. The van der Waals surface area contributed by atoms with Crippen LogP contribution in [0.5, 0.6) is 0 Å². The summed E-state index contributed by atoms with van der Waals surface area (Å²) in [5, 5.41) is 3.39. The molecule has 0 spiro atoms. The molecule has 1 atom stereocenters. The molecule has 1 aliphatic rings. The first-order valence-corrected chi connectivity index (χ1v) is 6.37. The average Bonchev–Trinajstić information content (AvgIpc) is 2.86. The normalized spacial score (nSPS) is 17.3. The van der Waals surface area contributed by atoms with Gasteiger partial charge in [-0.3, -0.25) is 4.79 Å². The van der Waals surface area contributed by atoms with Crippen LogP contribution >= 0.6 is 0 Å². The molecule has 7 nitrogen and oxygen atoms in total. The van der Waals surface area contributed by atoms with Crippen LogP contribution in [-0.4, -0.2) is 32.1 Å². The second-order valence-corrected chi connectivity index (χ2v) is 4.74. The van der Waals surface area contributed by atoms with Crippen molar-refractivity contribution in [1.82, 2.24) is 0 Å². The van der Waals surface area contributed by atoms with Crippen molar-refractivity contribution in [3.05, 3.63) is 39.8 Å². The van der Waals surface area contributed by atoms with E-state index >= 15 is 0 Å². The number of ether oxygens (including phenoxy) is 1. The van der Waals surface area contributed by atoms with Crippen molar-refractivity contribution in [3.63, 3.8) is 0 Å². The van der Waals surface area contributed by atoms with Crippen LogP contribution in [0, 0.1) is 17.6 Å². The van der Waals surface area contributed by atoms with Gasteiger partial charge in [-0.25, -0.2) is 13.6 Å². The second kappa shape index (κ2) is 6.40. The van der Waals surface area contributed by atoms with Gasteiger partial charge < -0.3 is 9.64 Å². The Morgan fingerprint density at radius 2 is 2.27 bits per heavy atom. The average molecular weight is 310 g/mol. The van der Waals surface area contributed by atoms with Crippen molar-refractivity contribution in [3.8, 4) is 0 Å². The fourth-order valence-corrected chi connectivity index (χ4v) is 2.33. The van der Waals surface area contributed by atoms with Crippen molar-refractivity contribution in [2.45, 2.75) is 6.42 Å². The highest BCUT2D eigenvalue weighted by Crippen LogP contribution is 2.30. The second-order valence-electron chi connectivity index (χ2n) is 4.74. The van der Waals surface area contributed by atoms with Gasteiger partial charge in [-0.05, 0) is 23.6 Å². The van der Waals surface area contributed by atoms with E-state index in [1.54, 1.807) is 0 Å². The predicted octanol–water partition coefficient (Wildman–Crippen LogP) is 2.41. The van der Waals surface area contributed by atoms with Crippen LogP contribution in [0.2, 0.25) is 0 Å². The summed E-state index contributed by atoms with van der Waals surface area (Å²) in [4.78, 5) is 27.1. The Morgan fingerprint density at radius 3 is 2.91 bits per heavy atom. The molecule has 1 amide bonds. The molecule has 0 aliphatic carbocycles. The summed E-state index contributed by atoms with van der Waals surface area (Å²) in [5.74, 6) is -4.02. The number of carbonyl (C=O) groups is 2. The third-order valence-electron chi connectivity index (χ3n) is 3.36. The van der Waals surface area contributed by atoms with Gasteiger partial charge in [-0.2, -0.15) is 0 Å². The molecule has 1 unspecified atom stereocenters. The molecule has 1 aliphatic heterocycles. The quantitative estimate of drug-likeness (QED) is 0.370. The van der Waals surface area contributed by atoms with E-state index in [2.05, 4.69) is 14.8 Å². The lowest BCUT2D eigenvalue weighted by molar-refractivity contribution is -0.117. The molecule has 1 saturated heterocycles. The summed E-state index contributed by atoms with van der Waals surface area (Å²) in [7, 11) is 1.00. The Bertz CT molecular complexity index is 673. The van der Waals surface area contributed by atoms with Crippen LogP contribution in [0.3, 0.4) is 0 Å². The number of methoxy groups -OCH3 is 1. The third-order valence-corrected chi connectivity index (χ3v) is 3.36. The van der Waals surface area contributed by atoms with Gasteiger partial charge in [0.25, 0.3) is 0 Å². The predicted molar refractivity (Wildman–Crippen MR) is 72.2 cm³/mol. The molecule has 0 aromatic heterocycles. The number of halogens is 2. The minimum Gasteiger partial charge on any atom is -0.465 e. The van der Waals surface area contributed by atoms with Crippen molar-refractivity contribution in [1.29, 1.82) is 0 Å². The van der Waals surface area contributed by atoms with Crippen molar-refractivity contribution in [2.24, 2.45) is 11.0 Å². The Balaban J connectivity index is 2.35. The van der Waals surface area contributed by atoms with Gasteiger partial charge in [0.2, 0.25) is 5.91 Å². The van der Waals surface area contributed by atoms with Gasteiger partial charge in [0, 0.05) is 24.4 Å². The smallest absolute Gasteiger partial charge is 0.343 e. The largest absolute Gasteiger partial charge is 0.465 e. The highest BCUT2D eigenvalue weighted by molar-refractivity contribution is 5.98. The number of rotatable bonds is 4. The third kappa shape index (κ3) is 2.84. The van der Waals surface area contributed by atoms with Crippen LogP contribution < -0.4 is 4.90 Å². The monoisotopic (exact) mass is 310 g/mol. The molecule has 0 saturated carbocycles. The Morgan fingerprint density at radius 1 is 1.55 bits per heavy atom. The topological polar surface area (TPSA) is 95.4 Å². The lowest BCUT2D eigenvalue weighted by Gasteiger charge is -2.18. The van der Waals surface area contributed by atoms with Gasteiger partial charge >= 0.3 is 5.97 Å². The van der Waals surface area contributed by atoms with E-state index < -0.39 is 23.2 Å². The van der Waals surface area contributed by atoms with Gasteiger partial charge in [0.05, 0.1) is 12.8 Å². The number of esters is 1. The molecule has 22 heavy (non-hydrogen) atoms. The summed E-state index contributed by atoms with van der Waals surface area (Å²) < 4.78 is 32.3. The van der Waals surface area contributed by atoms with Crippen LogP contribution in [0.15, 0.2) is 17.2 Å². The first kappa shape index (κ1) is 15.7. The van der Waals surface area contributed by atoms with Crippen LogP contribution in [-0.2, 0) is 9.53 Å². The molecule has 1 fully saturated rings. The van der Waals surface area contributed by atoms with Crippen molar-refractivity contribution in [2.75, 3.05) is 25.1 Å². The van der Waals surface area contributed by atoms with E-state index in [9.17, 15) is 18.4 Å². The molecule has 0 bridgehead atoms. The maximum Gasteiger partial charge on any atom is 0.343 e. The summed E-state index contributed by atoms with van der Waals surface area (Å²) in [6.07, 6.45) is 0.0867. The van der Waals surface area contributed by atoms with Crippen LogP contribution in [0.4, 0.5) is 14.5 Å². The minimum absolute atomic E-state index is 0.0867. The lowest BCUT2D eigenvalue weighted by atomic mass is 10.1. The summed E-state index contributed by atoms with van der Waals surface area (Å²) in [6, 6.07) is 1.99. The molecule has 1 heterocycles. The van der Waals surface area contributed by atoms with Crippen molar-refractivity contribution < 1.29 is 23.1 Å². The molecule has 9 heteroatoms. The number of nitrogens with zero attached hydrogens (tertiary/aromatic N) is 4. The van der Waals surface area contributed by atoms with Crippen LogP contribution in [0.25, 0.3) is 10.4 Å². The maximum atomic E-state index is 14.4. The highest BCUT2D eigenvalue weighted by atomic mass is 19.1. The number of amides is 1. The Kier molecular flexibility index (Phi) is 4.57. The van der Waals surface area contributed by atoms with Gasteiger partial charge in [0.1, 0.15) is 11.4 Å². The van der Waals surface area contributed by atoms with Gasteiger partial charge in [-0.15, -0.1) is 0 Å². The zero-order valence-electron chi connectivity index (χ0n) is 11.6. The van der Waals surface area contributed by atoms with E-state index in [1.807, 2.05) is 0 Å². The summed E-state index contributed by atoms with van der Waals surface area (Å²) in [6.45, 7) is 0.229. The number of benzene rings is 1. The van der Waals surface area contributed by atoms with Gasteiger partial charge in [-0.1, -0.05) is 5.11 Å². The summed E-state index contributed by atoms with van der Waals surface area (Å²) >= 11 is 0. The van der Waals surface area contributed by atoms with E-state index in [0.717, 1.165) is 24.1 Å². The van der Waals surface area contributed by atoms with E-state index in [-0.39, 0.29) is 37.0 Å². The first-order chi connectivity index (χ1) is 10.5.